The first kappa shape index (κ1) is 17.2. The maximum Gasteiger partial charge on any atom is 0.161 e. The van der Waals surface area contributed by atoms with Crippen LogP contribution in [0.25, 0.3) is 5.57 Å². The highest BCUT2D eigenvalue weighted by Gasteiger charge is 2.36. The Bertz CT molecular complexity index is 955. The Kier molecular flexibility index (Phi) is 4.29. The van der Waals surface area contributed by atoms with Crippen molar-refractivity contribution in [1.82, 2.24) is 5.32 Å². The van der Waals surface area contributed by atoms with E-state index < -0.39 is 0 Å². The monoisotopic (exact) mass is 386 g/mol. The summed E-state index contributed by atoms with van der Waals surface area (Å²) >= 11 is 11.6. The SMILES string of the molecule is COc1cc2c(cc1OC)C1NC(=S)CCC1=C2c1ccc(Cl)c(N)c1. The number of fused-ring (bicyclic) bond motifs is 3. The number of thiocarbonyl (C=S) groups is 1. The Morgan fingerprint density at radius 1 is 1.12 bits per heavy atom. The highest BCUT2D eigenvalue weighted by Crippen LogP contribution is 2.50. The summed E-state index contributed by atoms with van der Waals surface area (Å²) in [6.07, 6.45) is 1.75. The molecule has 1 atom stereocenters. The lowest BCUT2D eigenvalue weighted by molar-refractivity contribution is 0.354. The number of methoxy groups -OCH3 is 2. The Morgan fingerprint density at radius 2 is 1.85 bits per heavy atom. The molecule has 1 heterocycles. The molecule has 0 aromatic heterocycles. The molecule has 3 N–H and O–H groups in total. The van der Waals surface area contributed by atoms with Gasteiger partial charge in [0, 0.05) is 6.42 Å². The second kappa shape index (κ2) is 6.49. The number of ether oxygens (including phenoxy) is 2. The van der Waals surface area contributed by atoms with Crippen LogP contribution in [-0.2, 0) is 0 Å². The topological polar surface area (TPSA) is 56.5 Å². The third-order valence-electron chi connectivity index (χ3n) is 5.02. The van der Waals surface area contributed by atoms with Gasteiger partial charge in [0.05, 0.1) is 36.0 Å². The first-order valence-corrected chi connectivity index (χ1v) is 9.16. The van der Waals surface area contributed by atoms with E-state index in [1.165, 1.54) is 11.1 Å². The predicted octanol–water partition coefficient (Wildman–Crippen LogP) is 4.51. The zero-order valence-corrected chi connectivity index (χ0v) is 16.1. The molecular weight excluding hydrogens is 368 g/mol. The van der Waals surface area contributed by atoms with Crippen LogP contribution in [0.2, 0.25) is 5.02 Å². The maximum absolute atomic E-state index is 6.12. The Morgan fingerprint density at radius 3 is 2.54 bits per heavy atom. The van der Waals surface area contributed by atoms with Gasteiger partial charge in [-0.05, 0) is 58.5 Å². The van der Waals surface area contributed by atoms with Crippen molar-refractivity contribution >= 4 is 40.1 Å². The summed E-state index contributed by atoms with van der Waals surface area (Å²) in [5, 5.41) is 4.03. The van der Waals surface area contributed by atoms with Crippen molar-refractivity contribution in [1.29, 1.82) is 0 Å². The largest absolute Gasteiger partial charge is 0.493 e. The fraction of sp³-hybridized carbons (Fsp3) is 0.250. The summed E-state index contributed by atoms with van der Waals surface area (Å²) in [6, 6.07) is 9.90. The molecule has 1 unspecified atom stereocenters. The lowest BCUT2D eigenvalue weighted by Gasteiger charge is -2.26. The van der Waals surface area contributed by atoms with Crippen molar-refractivity contribution in [3.8, 4) is 11.5 Å². The molecule has 1 aliphatic carbocycles. The van der Waals surface area contributed by atoms with E-state index in [9.17, 15) is 0 Å². The number of nitrogens with two attached hydrogens (primary N) is 1. The third-order valence-corrected chi connectivity index (χ3v) is 5.68. The van der Waals surface area contributed by atoms with Crippen LogP contribution >= 0.6 is 23.8 Å². The standard InChI is InChI=1S/C20H19ClN2O2S/c1-24-16-8-12-13(9-17(16)25-2)20-11(4-6-18(26)23-20)19(12)10-3-5-14(21)15(22)7-10/h3,5,7-9,20H,4,6,22H2,1-2H3,(H,23,26). The van der Waals surface area contributed by atoms with Crippen molar-refractivity contribution in [2.45, 2.75) is 18.9 Å². The number of halogens is 1. The Balaban J connectivity index is 1.96. The van der Waals surface area contributed by atoms with Gasteiger partial charge in [-0.1, -0.05) is 29.9 Å². The van der Waals surface area contributed by atoms with Gasteiger partial charge < -0.3 is 20.5 Å². The normalized spacial score (nSPS) is 18.3. The molecule has 0 saturated carbocycles. The molecule has 2 aromatic carbocycles. The number of rotatable bonds is 3. The van der Waals surface area contributed by atoms with Crippen LogP contribution in [0.5, 0.6) is 11.5 Å². The predicted molar refractivity (Wildman–Crippen MR) is 109 cm³/mol. The first-order valence-electron chi connectivity index (χ1n) is 8.37. The van der Waals surface area contributed by atoms with Crippen LogP contribution in [0.15, 0.2) is 35.9 Å². The number of piperidine rings is 1. The molecule has 4 rings (SSSR count). The van der Waals surface area contributed by atoms with Gasteiger partial charge in [-0.25, -0.2) is 0 Å². The molecule has 2 aromatic rings. The highest BCUT2D eigenvalue weighted by molar-refractivity contribution is 7.80. The zero-order chi connectivity index (χ0) is 18.4. The van der Waals surface area contributed by atoms with Gasteiger partial charge in [0.15, 0.2) is 11.5 Å². The molecule has 0 radical (unpaired) electrons. The van der Waals surface area contributed by atoms with Gasteiger partial charge in [-0.15, -0.1) is 0 Å². The fourth-order valence-electron chi connectivity index (χ4n) is 3.81. The molecule has 1 fully saturated rings. The smallest absolute Gasteiger partial charge is 0.161 e. The molecular formula is C20H19ClN2O2S. The molecule has 2 aliphatic rings. The molecule has 1 saturated heterocycles. The average Bonchev–Trinajstić information content (AvgIpc) is 2.95. The molecule has 0 amide bonds. The van der Waals surface area contributed by atoms with E-state index in [1.807, 2.05) is 30.3 Å². The second-order valence-electron chi connectivity index (χ2n) is 6.43. The van der Waals surface area contributed by atoms with Crippen LogP contribution in [-0.4, -0.2) is 19.2 Å². The van der Waals surface area contributed by atoms with Crippen molar-refractivity contribution in [3.05, 3.63) is 57.6 Å². The van der Waals surface area contributed by atoms with E-state index in [2.05, 4.69) is 5.32 Å². The number of nitrogens with one attached hydrogen (secondary N) is 1. The van der Waals surface area contributed by atoms with E-state index in [4.69, 9.17) is 39.0 Å². The lowest BCUT2D eigenvalue weighted by atomic mass is 9.93. The summed E-state index contributed by atoms with van der Waals surface area (Å²) in [5.74, 6) is 1.41. The summed E-state index contributed by atoms with van der Waals surface area (Å²) in [7, 11) is 3.29. The molecule has 0 bridgehead atoms. The number of hydrogen-bond donors (Lipinski definition) is 2. The van der Waals surface area contributed by atoms with Crippen LogP contribution in [0.3, 0.4) is 0 Å². The van der Waals surface area contributed by atoms with E-state index in [1.54, 1.807) is 14.2 Å². The number of hydrogen-bond acceptors (Lipinski definition) is 4. The first-order chi connectivity index (χ1) is 12.5. The highest BCUT2D eigenvalue weighted by atomic mass is 35.5. The quantitative estimate of drug-likeness (QED) is 0.600. The zero-order valence-electron chi connectivity index (χ0n) is 14.6. The number of benzene rings is 2. The molecule has 0 spiro atoms. The van der Waals surface area contributed by atoms with Gasteiger partial charge in [-0.2, -0.15) is 0 Å². The molecule has 1 aliphatic heterocycles. The van der Waals surface area contributed by atoms with E-state index in [0.29, 0.717) is 22.2 Å². The van der Waals surface area contributed by atoms with Crippen molar-refractivity contribution in [2.75, 3.05) is 20.0 Å². The molecule has 134 valence electrons. The number of nitrogen functional groups attached to an aromatic ring is 1. The van der Waals surface area contributed by atoms with Crippen molar-refractivity contribution in [2.24, 2.45) is 0 Å². The minimum atomic E-state index is 0.0537. The van der Waals surface area contributed by atoms with Crippen LogP contribution in [0.4, 0.5) is 5.69 Å². The molecule has 6 heteroatoms. The van der Waals surface area contributed by atoms with E-state index in [-0.39, 0.29) is 6.04 Å². The van der Waals surface area contributed by atoms with E-state index >= 15 is 0 Å². The van der Waals surface area contributed by atoms with Crippen LogP contribution in [0.1, 0.15) is 35.6 Å². The van der Waals surface area contributed by atoms with Crippen molar-refractivity contribution in [3.63, 3.8) is 0 Å². The van der Waals surface area contributed by atoms with Crippen molar-refractivity contribution < 1.29 is 9.47 Å². The minimum absolute atomic E-state index is 0.0537. The van der Waals surface area contributed by atoms with Gasteiger partial charge in [-0.3, -0.25) is 0 Å². The van der Waals surface area contributed by atoms with Crippen LogP contribution in [0, 0.1) is 0 Å². The van der Waals surface area contributed by atoms with E-state index in [0.717, 1.165) is 34.5 Å². The van der Waals surface area contributed by atoms with Gasteiger partial charge in [0.2, 0.25) is 0 Å². The summed E-state index contributed by atoms with van der Waals surface area (Å²) in [6.45, 7) is 0. The average molecular weight is 387 g/mol. The maximum atomic E-state index is 6.12. The minimum Gasteiger partial charge on any atom is -0.493 e. The summed E-state index contributed by atoms with van der Waals surface area (Å²) < 4.78 is 11.0. The second-order valence-corrected chi connectivity index (χ2v) is 7.33. The lowest BCUT2D eigenvalue weighted by Crippen LogP contribution is -2.31. The van der Waals surface area contributed by atoms with Gasteiger partial charge in [0.25, 0.3) is 0 Å². The number of anilines is 1. The molecule has 26 heavy (non-hydrogen) atoms. The summed E-state index contributed by atoms with van der Waals surface area (Å²) in [5.41, 5.74) is 12.4. The Hall–Kier alpha value is -2.24. The van der Waals surface area contributed by atoms with Gasteiger partial charge in [0.1, 0.15) is 0 Å². The summed E-state index contributed by atoms with van der Waals surface area (Å²) in [4.78, 5) is 0.886. The Labute approximate surface area is 162 Å². The fourth-order valence-corrected chi connectivity index (χ4v) is 4.15. The third kappa shape index (κ3) is 2.63. The van der Waals surface area contributed by atoms with Gasteiger partial charge >= 0.3 is 0 Å². The molecule has 4 nitrogen and oxygen atoms in total. The van der Waals surface area contributed by atoms with Crippen LogP contribution < -0.4 is 20.5 Å².